The second-order valence-electron chi connectivity index (χ2n) is 9.43. The Morgan fingerprint density at radius 3 is 2.77 bits per heavy atom. The van der Waals surface area contributed by atoms with Gasteiger partial charge in [0.1, 0.15) is 11.4 Å². The van der Waals surface area contributed by atoms with Crippen molar-refractivity contribution in [2.45, 2.75) is 70.1 Å². The predicted molar refractivity (Wildman–Crippen MR) is 119 cm³/mol. The van der Waals surface area contributed by atoms with Gasteiger partial charge in [0, 0.05) is 38.2 Å². The molecule has 1 saturated carbocycles. The van der Waals surface area contributed by atoms with E-state index in [1.807, 2.05) is 31.5 Å². The van der Waals surface area contributed by atoms with E-state index in [1.54, 1.807) is 6.20 Å². The Morgan fingerprint density at radius 2 is 2.00 bits per heavy atom. The summed E-state index contributed by atoms with van der Waals surface area (Å²) in [7, 11) is 0. The maximum Gasteiger partial charge on any atom is 0.255 e. The van der Waals surface area contributed by atoms with Crippen LogP contribution in [0.2, 0.25) is 0 Å². The lowest BCUT2D eigenvalue weighted by molar-refractivity contribution is -0.170. The molecule has 7 heteroatoms. The number of fused-ring (bicyclic) bond motifs is 2. The number of piperidine rings is 1. The summed E-state index contributed by atoms with van der Waals surface area (Å²) in [5.74, 6) is 1.71. The fourth-order valence-electron chi connectivity index (χ4n) is 5.54. The van der Waals surface area contributed by atoms with Crippen LogP contribution < -0.4 is 5.32 Å². The van der Waals surface area contributed by atoms with Crippen molar-refractivity contribution in [1.82, 2.24) is 19.4 Å². The van der Waals surface area contributed by atoms with Crippen molar-refractivity contribution in [3.8, 4) is 0 Å². The second-order valence-corrected chi connectivity index (χ2v) is 9.43. The van der Waals surface area contributed by atoms with Crippen LogP contribution in [0.25, 0.3) is 0 Å². The average Bonchev–Trinajstić information content (AvgIpc) is 3.27. The Morgan fingerprint density at radius 1 is 1.19 bits per heavy atom. The van der Waals surface area contributed by atoms with Gasteiger partial charge in [-0.15, -0.1) is 0 Å². The normalized spacial score (nSPS) is 24.1. The first kappa shape index (κ1) is 20.6. The van der Waals surface area contributed by atoms with Gasteiger partial charge < -0.3 is 19.5 Å². The first-order valence-corrected chi connectivity index (χ1v) is 11.8. The highest BCUT2D eigenvalue weighted by Crippen LogP contribution is 2.40. The van der Waals surface area contributed by atoms with E-state index in [1.165, 1.54) is 38.6 Å². The quantitative estimate of drug-likeness (QED) is 0.815. The molecular weight excluding hydrogens is 390 g/mol. The van der Waals surface area contributed by atoms with Crippen molar-refractivity contribution in [2.24, 2.45) is 5.92 Å². The van der Waals surface area contributed by atoms with E-state index in [9.17, 15) is 4.79 Å². The first-order valence-electron chi connectivity index (χ1n) is 11.8. The van der Waals surface area contributed by atoms with Crippen molar-refractivity contribution in [3.63, 3.8) is 0 Å². The van der Waals surface area contributed by atoms with Crippen LogP contribution >= 0.6 is 0 Å². The zero-order valence-electron chi connectivity index (χ0n) is 18.4. The highest BCUT2D eigenvalue weighted by molar-refractivity contribution is 5.94. The molecule has 1 unspecified atom stereocenters. The number of aryl methyl sites for hydroxylation is 1. The minimum absolute atomic E-state index is 0.112. The summed E-state index contributed by atoms with van der Waals surface area (Å²) in [6, 6.07) is 3.72. The molecule has 5 rings (SSSR count). The molecule has 31 heavy (non-hydrogen) atoms. The van der Waals surface area contributed by atoms with E-state index in [2.05, 4.69) is 24.8 Å². The van der Waals surface area contributed by atoms with Crippen LogP contribution in [0.4, 0.5) is 5.69 Å². The van der Waals surface area contributed by atoms with Crippen LogP contribution in [0.3, 0.4) is 0 Å². The van der Waals surface area contributed by atoms with Gasteiger partial charge in [-0.05, 0) is 50.7 Å². The van der Waals surface area contributed by atoms with Crippen LogP contribution in [0.5, 0.6) is 0 Å². The van der Waals surface area contributed by atoms with Crippen LogP contribution in [0.1, 0.15) is 56.5 Å². The Labute approximate surface area is 184 Å². The third kappa shape index (κ3) is 4.26. The summed E-state index contributed by atoms with van der Waals surface area (Å²) >= 11 is 0. The number of ether oxygens (including phenoxy) is 1. The maximum atomic E-state index is 13.1. The number of anilines is 1. The molecule has 1 aliphatic carbocycles. The lowest BCUT2D eigenvalue weighted by Gasteiger charge is -2.46. The van der Waals surface area contributed by atoms with E-state index in [0.29, 0.717) is 6.54 Å². The fraction of sp³-hybridized carbons (Fsp3) is 0.625. The van der Waals surface area contributed by atoms with E-state index in [0.717, 1.165) is 49.1 Å². The third-order valence-electron chi connectivity index (χ3n) is 7.32. The second kappa shape index (κ2) is 8.71. The molecule has 0 bridgehead atoms. The Balaban J connectivity index is 1.28. The molecule has 2 aromatic heterocycles. The summed E-state index contributed by atoms with van der Waals surface area (Å²) in [5.41, 5.74) is 1.07. The fourth-order valence-corrected chi connectivity index (χ4v) is 5.54. The Kier molecular flexibility index (Phi) is 5.80. The van der Waals surface area contributed by atoms with Crippen LogP contribution in [-0.4, -0.2) is 51.1 Å². The van der Waals surface area contributed by atoms with Gasteiger partial charge in [0.15, 0.2) is 6.10 Å². The van der Waals surface area contributed by atoms with Crippen molar-refractivity contribution < 1.29 is 9.53 Å². The van der Waals surface area contributed by atoms with E-state index < -0.39 is 11.7 Å². The zero-order chi connectivity index (χ0) is 21.3. The molecule has 166 valence electrons. The van der Waals surface area contributed by atoms with Gasteiger partial charge in [0.05, 0.1) is 17.9 Å². The van der Waals surface area contributed by atoms with Crippen molar-refractivity contribution in [2.75, 3.05) is 25.0 Å². The summed E-state index contributed by atoms with van der Waals surface area (Å²) in [4.78, 5) is 24.6. The van der Waals surface area contributed by atoms with Gasteiger partial charge in [0.2, 0.25) is 0 Å². The number of imidazole rings is 1. The standard InChI is InChI=1S/C24H33N5O2/c1-18-20(8-5-11-25-18)27-22(30)21-17-29-15-12-26-23(29)24(31-21)9-13-28(14-10-24)16-19-6-3-2-4-7-19/h5,8,11-12,15,19,21H,2-4,6-7,9-10,13-14,16-17H2,1H3,(H,27,30). The molecule has 0 aromatic carbocycles. The number of carbonyl (C=O) groups excluding carboxylic acids is 1. The van der Waals surface area contributed by atoms with Gasteiger partial charge >= 0.3 is 0 Å². The molecule has 1 spiro atoms. The molecular formula is C24H33N5O2. The number of carbonyl (C=O) groups is 1. The highest BCUT2D eigenvalue weighted by atomic mass is 16.5. The zero-order valence-corrected chi connectivity index (χ0v) is 18.4. The first-order chi connectivity index (χ1) is 15.1. The molecule has 0 radical (unpaired) electrons. The predicted octanol–water partition coefficient (Wildman–Crippen LogP) is 3.50. The van der Waals surface area contributed by atoms with Crippen LogP contribution in [0, 0.1) is 12.8 Å². The van der Waals surface area contributed by atoms with Crippen LogP contribution in [-0.2, 0) is 21.7 Å². The molecule has 3 aliphatic rings. The van der Waals surface area contributed by atoms with Gasteiger partial charge in [-0.1, -0.05) is 19.3 Å². The molecule has 1 N–H and O–H groups in total. The summed E-state index contributed by atoms with van der Waals surface area (Å²) < 4.78 is 8.68. The molecule has 2 fully saturated rings. The largest absolute Gasteiger partial charge is 0.352 e. The SMILES string of the molecule is Cc1ncccc1NC(=O)C1Cn2ccnc2C2(CCN(CC3CCCCC3)CC2)O1. The lowest BCUT2D eigenvalue weighted by Crippen LogP contribution is -2.53. The maximum absolute atomic E-state index is 13.1. The number of hydrogen-bond acceptors (Lipinski definition) is 5. The molecule has 1 saturated heterocycles. The average molecular weight is 424 g/mol. The van der Waals surface area contributed by atoms with Crippen LogP contribution in [0.15, 0.2) is 30.7 Å². The number of nitrogens with one attached hydrogen (secondary N) is 1. The van der Waals surface area contributed by atoms with E-state index in [-0.39, 0.29) is 5.91 Å². The van der Waals surface area contributed by atoms with E-state index in [4.69, 9.17) is 4.74 Å². The number of nitrogens with zero attached hydrogens (tertiary/aromatic N) is 4. The number of hydrogen-bond donors (Lipinski definition) is 1. The topological polar surface area (TPSA) is 72.3 Å². The number of aromatic nitrogens is 3. The lowest BCUT2D eigenvalue weighted by atomic mass is 9.85. The van der Waals surface area contributed by atoms with E-state index >= 15 is 0 Å². The Bertz CT molecular complexity index is 912. The molecule has 1 amide bonds. The number of likely N-dealkylation sites (tertiary alicyclic amines) is 1. The highest BCUT2D eigenvalue weighted by Gasteiger charge is 2.47. The molecule has 1 atom stereocenters. The smallest absolute Gasteiger partial charge is 0.255 e. The van der Waals surface area contributed by atoms with Crippen molar-refractivity contribution in [3.05, 3.63) is 42.2 Å². The third-order valence-corrected chi connectivity index (χ3v) is 7.32. The molecule has 4 heterocycles. The number of pyridine rings is 1. The summed E-state index contributed by atoms with van der Waals surface area (Å²) in [6.07, 6.45) is 13.7. The summed E-state index contributed by atoms with van der Waals surface area (Å²) in [6.45, 7) is 5.59. The number of rotatable bonds is 4. The van der Waals surface area contributed by atoms with Gasteiger partial charge in [0.25, 0.3) is 5.91 Å². The minimum Gasteiger partial charge on any atom is -0.352 e. The minimum atomic E-state index is -0.536. The molecule has 2 aliphatic heterocycles. The Hall–Kier alpha value is -2.25. The van der Waals surface area contributed by atoms with Crippen molar-refractivity contribution in [1.29, 1.82) is 0 Å². The van der Waals surface area contributed by atoms with Crippen molar-refractivity contribution >= 4 is 11.6 Å². The summed E-state index contributed by atoms with van der Waals surface area (Å²) in [5, 5.41) is 3.02. The monoisotopic (exact) mass is 423 g/mol. The molecule has 7 nitrogen and oxygen atoms in total. The number of amides is 1. The van der Waals surface area contributed by atoms with Gasteiger partial charge in [-0.2, -0.15) is 0 Å². The van der Waals surface area contributed by atoms with Gasteiger partial charge in [-0.25, -0.2) is 4.98 Å². The molecule has 2 aromatic rings. The van der Waals surface area contributed by atoms with Gasteiger partial charge in [-0.3, -0.25) is 9.78 Å².